The zero-order chi connectivity index (χ0) is 18.0. The number of aromatic hydroxyl groups is 1. The van der Waals surface area contributed by atoms with Gasteiger partial charge in [0.05, 0.1) is 5.41 Å². The number of rotatable bonds is 2. The Kier molecular flexibility index (Phi) is 4.49. The number of hydrogen-bond acceptors (Lipinski definition) is 3. The third kappa shape index (κ3) is 2.79. The summed E-state index contributed by atoms with van der Waals surface area (Å²) < 4.78 is 0. The molecular formula is C23H23NO2. The van der Waals surface area contributed by atoms with Gasteiger partial charge in [-0.1, -0.05) is 66.7 Å². The first kappa shape index (κ1) is 16.8. The van der Waals surface area contributed by atoms with E-state index in [-0.39, 0.29) is 5.41 Å². The summed E-state index contributed by atoms with van der Waals surface area (Å²) in [6, 6.07) is 26.9. The molecule has 1 saturated heterocycles. The van der Waals surface area contributed by atoms with Crippen LogP contribution in [0.5, 0.6) is 5.75 Å². The fourth-order valence-electron chi connectivity index (χ4n) is 4.04. The summed E-state index contributed by atoms with van der Waals surface area (Å²) in [7, 11) is 0. The van der Waals surface area contributed by atoms with Crippen LogP contribution in [0.15, 0.2) is 78.9 Å². The average molecular weight is 345 g/mol. The molecule has 132 valence electrons. The zero-order valence-corrected chi connectivity index (χ0v) is 14.7. The van der Waals surface area contributed by atoms with Gasteiger partial charge in [0.25, 0.3) is 0 Å². The van der Waals surface area contributed by atoms with E-state index in [0.29, 0.717) is 5.75 Å². The van der Waals surface area contributed by atoms with Gasteiger partial charge in [-0.2, -0.15) is 5.06 Å². The SMILES string of the molecule is ON1CCCC1.Oc1cc2cc(c1)C2(c1ccccc1)c1ccccc1. The van der Waals surface area contributed by atoms with Crippen molar-refractivity contribution in [3.63, 3.8) is 0 Å². The molecule has 1 fully saturated rings. The molecule has 0 atom stereocenters. The van der Waals surface area contributed by atoms with E-state index in [4.69, 9.17) is 5.21 Å². The monoisotopic (exact) mass is 345 g/mol. The number of phenolic OH excluding ortho intramolecular Hbond substituents is 1. The second kappa shape index (κ2) is 6.94. The highest BCUT2D eigenvalue weighted by atomic mass is 16.5. The average Bonchev–Trinajstić information content (AvgIpc) is 3.15. The molecule has 1 aliphatic heterocycles. The molecule has 3 heteroatoms. The minimum absolute atomic E-state index is 0.214. The zero-order valence-electron chi connectivity index (χ0n) is 14.7. The summed E-state index contributed by atoms with van der Waals surface area (Å²) in [6.45, 7) is 1.75. The molecule has 1 heterocycles. The second-order valence-electron chi connectivity index (χ2n) is 6.91. The molecule has 0 radical (unpaired) electrons. The van der Waals surface area contributed by atoms with Gasteiger partial charge in [0.2, 0.25) is 0 Å². The van der Waals surface area contributed by atoms with Gasteiger partial charge in [0.1, 0.15) is 5.75 Å². The number of nitrogens with zero attached hydrogens (tertiary/aromatic N) is 1. The van der Waals surface area contributed by atoms with E-state index in [2.05, 4.69) is 54.6 Å². The fraction of sp³-hybridized carbons (Fsp3) is 0.217. The van der Waals surface area contributed by atoms with Crippen molar-refractivity contribution in [2.45, 2.75) is 18.3 Å². The Bertz CT molecular complexity index is 807. The van der Waals surface area contributed by atoms with Crippen LogP contribution < -0.4 is 0 Å². The predicted octanol–water partition coefficient (Wildman–Crippen LogP) is 4.56. The van der Waals surface area contributed by atoms with Crippen molar-refractivity contribution in [1.82, 2.24) is 5.06 Å². The van der Waals surface area contributed by atoms with Crippen molar-refractivity contribution in [1.29, 1.82) is 0 Å². The Labute approximate surface area is 154 Å². The van der Waals surface area contributed by atoms with Crippen molar-refractivity contribution in [3.05, 3.63) is 101 Å². The van der Waals surface area contributed by atoms with Crippen molar-refractivity contribution in [2.75, 3.05) is 13.1 Å². The highest BCUT2D eigenvalue weighted by Crippen LogP contribution is 2.53. The molecular weight excluding hydrogens is 322 g/mol. The molecule has 0 amide bonds. The molecule has 3 aliphatic rings. The third-order valence-corrected chi connectivity index (χ3v) is 5.28. The Morgan fingerprint density at radius 3 is 1.50 bits per heavy atom. The van der Waals surface area contributed by atoms with Crippen LogP contribution in [0.1, 0.15) is 35.1 Å². The summed E-state index contributed by atoms with van der Waals surface area (Å²) in [4.78, 5) is 0. The topological polar surface area (TPSA) is 43.7 Å². The molecule has 0 spiro atoms. The number of phenols is 1. The van der Waals surface area contributed by atoms with Crippen LogP contribution >= 0.6 is 0 Å². The van der Waals surface area contributed by atoms with Crippen LogP contribution in [0.25, 0.3) is 0 Å². The third-order valence-electron chi connectivity index (χ3n) is 5.28. The van der Waals surface area contributed by atoms with Gasteiger partial charge in [0.15, 0.2) is 0 Å². The molecule has 0 unspecified atom stereocenters. The number of fused-ring (bicyclic) bond motifs is 2. The minimum atomic E-state index is -0.214. The molecule has 2 N–H and O–H groups in total. The van der Waals surface area contributed by atoms with Gasteiger partial charge in [-0.05, 0) is 47.2 Å². The lowest BCUT2D eigenvalue weighted by molar-refractivity contribution is -0.0678. The summed E-state index contributed by atoms with van der Waals surface area (Å²) in [6.07, 6.45) is 2.33. The van der Waals surface area contributed by atoms with Crippen LogP contribution in [0.2, 0.25) is 0 Å². The van der Waals surface area contributed by atoms with Crippen molar-refractivity contribution >= 4 is 0 Å². The second-order valence-corrected chi connectivity index (χ2v) is 6.91. The van der Waals surface area contributed by atoms with E-state index in [1.54, 1.807) is 0 Å². The smallest absolute Gasteiger partial charge is 0.116 e. The van der Waals surface area contributed by atoms with Crippen molar-refractivity contribution < 1.29 is 10.3 Å². The van der Waals surface area contributed by atoms with Gasteiger partial charge < -0.3 is 10.3 Å². The Morgan fingerprint density at radius 2 is 1.12 bits per heavy atom. The van der Waals surface area contributed by atoms with E-state index in [1.807, 2.05) is 24.3 Å². The van der Waals surface area contributed by atoms with E-state index in [9.17, 15) is 5.11 Å². The fourth-order valence-corrected chi connectivity index (χ4v) is 4.04. The largest absolute Gasteiger partial charge is 0.508 e. The Balaban J connectivity index is 0.000000240. The highest BCUT2D eigenvalue weighted by Gasteiger charge is 2.45. The molecule has 0 aromatic heterocycles. The lowest BCUT2D eigenvalue weighted by Crippen LogP contribution is -2.37. The molecule has 26 heavy (non-hydrogen) atoms. The Hall–Kier alpha value is -2.62. The number of hydroxylamine groups is 2. The Morgan fingerprint density at radius 1 is 0.654 bits per heavy atom. The quantitative estimate of drug-likeness (QED) is 0.560. The minimum Gasteiger partial charge on any atom is -0.508 e. The molecule has 3 aromatic carbocycles. The van der Waals surface area contributed by atoms with E-state index >= 15 is 0 Å². The van der Waals surface area contributed by atoms with E-state index in [1.165, 1.54) is 16.2 Å². The molecule has 3 nitrogen and oxygen atoms in total. The molecule has 2 bridgehead atoms. The van der Waals surface area contributed by atoms with Crippen LogP contribution in [0.3, 0.4) is 0 Å². The van der Waals surface area contributed by atoms with Gasteiger partial charge in [0, 0.05) is 13.1 Å². The lowest BCUT2D eigenvalue weighted by Gasteiger charge is -2.43. The number of hydrogen-bond donors (Lipinski definition) is 2. The first-order valence-corrected chi connectivity index (χ1v) is 9.11. The maximum absolute atomic E-state index is 9.78. The summed E-state index contributed by atoms with van der Waals surface area (Å²) in [5.74, 6) is 0.347. The lowest BCUT2D eigenvalue weighted by atomic mass is 9.58. The van der Waals surface area contributed by atoms with E-state index < -0.39 is 0 Å². The van der Waals surface area contributed by atoms with Crippen molar-refractivity contribution in [3.8, 4) is 5.75 Å². The molecule has 6 rings (SSSR count). The summed E-state index contributed by atoms with van der Waals surface area (Å²) in [5, 5.41) is 19.7. The van der Waals surface area contributed by atoms with Gasteiger partial charge >= 0.3 is 0 Å². The van der Waals surface area contributed by atoms with Crippen LogP contribution in [-0.2, 0) is 5.41 Å². The molecule has 0 saturated carbocycles. The standard InChI is InChI=1S/C19H14O.C4H9NO/c20-18-12-16-11-17(13-18)19(16,14-7-3-1-4-8-14)15-9-5-2-6-10-15;6-5-3-1-2-4-5/h1-13,20H;6H,1-4H2. The first-order chi connectivity index (χ1) is 12.7. The maximum Gasteiger partial charge on any atom is 0.116 e. The van der Waals surface area contributed by atoms with Gasteiger partial charge in [-0.15, -0.1) is 0 Å². The van der Waals surface area contributed by atoms with Gasteiger partial charge in [-0.3, -0.25) is 0 Å². The van der Waals surface area contributed by atoms with Gasteiger partial charge in [-0.25, -0.2) is 0 Å². The van der Waals surface area contributed by atoms with Crippen LogP contribution in [0.4, 0.5) is 0 Å². The highest BCUT2D eigenvalue weighted by molar-refractivity contribution is 5.68. The van der Waals surface area contributed by atoms with E-state index in [0.717, 1.165) is 37.1 Å². The summed E-state index contributed by atoms with van der Waals surface area (Å²) >= 11 is 0. The van der Waals surface area contributed by atoms with Crippen LogP contribution in [0, 0.1) is 0 Å². The van der Waals surface area contributed by atoms with Crippen molar-refractivity contribution in [2.24, 2.45) is 0 Å². The maximum atomic E-state index is 9.78. The van der Waals surface area contributed by atoms with Crippen LogP contribution in [-0.4, -0.2) is 28.5 Å². The molecule has 3 aromatic rings. The summed E-state index contributed by atoms with van der Waals surface area (Å²) in [5.41, 5.74) is 4.60. The molecule has 2 aliphatic carbocycles. The number of benzene rings is 3. The predicted molar refractivity (Wildman–Crippen MR) is 103 cm³/mol. The normalized spacial score (nSPS) is 17.1. The first-order valence-electron chi connectivity index (χ1n) is 9.11.